The number of primary amides is 1. The summed E-state index contributed by atoms with van der Waals surface area (Å²) in [5.74, 6) is -0.757. The Kier molecular flexibility index (Phi) is 6.10. The Morgan fingerprint density at radius 3 is 2.25 bits per heavy atom. The van der Waals surface area contributed by atoms with Gasteiger partial charge in [0.25, 0.3) is 5.91 Å². The van der Waals surface area contributed by atoms with Crippen molar-refractivity contribution in [2.45, 2.75) is 19.9 Å². The summed E-state index contributed by atoms with van der Waals surface area (Å²) in [6.45, 7) is 3.31. The van der Waals surface area contributed by atoms with Crippen LogP contribution in [-0.2, 0) is 9.59 Å². The Hall–Kier alpha value is -1.46. The van der Waals surface area contributed by atoms with Crippen molar-refractivity contribution in [2.75, 3.05) is 6.61 Å². The van der Waals surface area contributed by atoms with Crippen molar-refractivity contribution in [2.24, 2.45) is 11.7 Å². The highest BCUT2D eigenvalue weighted by atomic mass is 35.5. The molecule has 2 amide bonds. The van der Waals surface area contributed by atoms with Crippen LogP contribution in [0.15, 0.2) is 18.2 Å². The molecule has 1 atom stereocenters. The molecule has 0 bridgehead atoms. The van der Waals surface area contributed by atoms with Crippen molar-refractivity contribution in [3.8, 4) is 5.75 Å². The molecule has 0 aliphatic carbocycles. The second-order valence-corrected chi connectivity index (χ2v) is 5.46. The zero-order chi connectivity index (χ0) is 15.3. The number of ether oxygens (including phenoxy) is 1. The number of hydrogen-bond donors (Lipinski definition) is 2. The predicted molar refractivity (Wildman–Crippen MR) is 77.9 cm³/mol. The summed E-state index contributed by atoms with van der Waals surface area (Å²) in [5, 5.41) is 3.33. The molecule has 0 saturated heterocycles. The van der Waals surface area contributed by atoms with Gasteiger partial charge in [-0.05, 0) is 24.1 Å². The summed E-state index contributed by atoms with van der Waals surface area (Å²) in [6.07, 6.45) is 0. The number of nitrogens with two attached hydrogens (primary N) is 1. The lowest BCUT2D eigenvalue weighted by molar-refractivity contribution is -0.129. The summed E-state index contributed by atoms with van der Waals surface area (Å²) in [4.78, 5) is 22.9. The largest absolute Gasteiger partial charge is 0.484 e. The highest BCUT2D eigenvalue weighted by molar-refractivity contribution is 6.34. The van der Waals surface area contributed by atoms with Crippen LogP contribution in [0.25, 0.3) is 0 Å². The average molecular weight is 319 g/mol. The van der Waals surface area contributed by atoms with E-state index >= 15 is 0 Å². The van der Waals surface area contributed by atoms with E-state index in [2.05, 4.69) is 5.32 Å². The molecule has 0 spiro atoms. The maximum absolute atomic E-state index is 11.7. The second kappa shape index (κ2) is 7.36. The van der Waals surface area contributed by atoms with E-state index in [1.54, 1.807) is 19.9 Å². The number of amides is 2. The third kappa shape index (κ3) is 5.27. The topological polar surface area (TPSA) is 81.4 Å². The minimum absolute atomic E-state index is 0.0999. The molecular weight excluding hydrogens is 303 g/mol. The van der Waals surface area contributed by atoms with Gasteiger partial charge < -0.3 is 15.8 Å². The smallest absolute Gasteiger partial charge is 0.258 e. The summed E-state index contributed by atoms with van der Waals surface area (Å²) in [6, 6.07) is 3.90. The van der Waals surface area contributed by atoms with Gasteiger partial charge in [0, 0.05) is 10.0 Å². The van der Waals surface area contributed by atoms with Crippen LogP contribution >= 0.6 is 23.2 Å². The Bertz CT molecular complexity index is 486. The van der Waals surface area contributed by atoms with Gasteiger partial charge in [-0.25, -0.2) is 0 Å². The van der Waals surface area contributed by atoms with E-state index in [-0.39, 0.29) is 12.5 Å². The molecule has 0 heterocycles. The summed E-state index contributed by atoms with van der Waals surface area (Å²) < 4.78 is 5.26. The number of halogens is 2. The van der Waals surface area contributed by atoms with Gasteiger partial charge in [0.1, 0.15) is 11.8 Å². The first-order valence-corrected chi connectivity index (χ1v) is 6.72. The molecule has 0 aliphatic rings. The van der Waals surface area contributed by atoms with E-state index in [0.717, 1.165) is 0 Å². The molecule has 0 aliphatic heterocycles. The third-order valence-electron chi connectivity index (χ3n) is 2.50. The van der Waals surface area contributed by atoms with Crippen LogP contribution in [0.1, 0.15) is 13.8 Å². The Morgan fingerprint density at radius 1 is 1.25 bits per heavy atom. The lowest BCUT2D eigenvalue weighted by Gasteiger charge is -2.19. The van der Waals surface area contributed by atoms with Crippen LogP contribution in [0, 0.1) is 5.92 Å². The molecule has 110 valence electrons. The summed E-state index contributed by atoms with van der Waals surface area (Å²) in [7, 11) is 0. The normalized spacial score (nSPS) is 12.1. The van der Waals surface area contributed by atoms with Crippen molar-refractivity contribution >= 4 is 35.0 Å². The predicted octanol–water partition coefficient (Wildman–Crippen LogP) is 2.00. The van der Waals surface area contributed by atoms with Crippen LogP contribution < -0.4 is 15.8 Å². The molecule has 20 heavy (non-hydrogen) atoms. The van der Waals surface area contributed by atoms with Crippen molar-refractivity contribution in [3.63, 3.8) is 0 Å². The fraction of sp³-hybridized carbons (Fsp3) is 0.385. The lowest BCUT2D eigenvalue weighted by Crippen LogP contribution is -2.49. The zero-order valence-electron chi connectivity index (χ0n) is 11.2. The molecule has 0 radical (unpaired) electrons. The van der Waals surface area contributed by atoms with Crippen LogP contribution in [-0.4, -0.2) is 24.5 Å². The number of nitrogens with one attached hydrogen (secondary N) is 1. The van der Waals surface area contributed by atoms with Crippen LogP contribution in [0.3, 0.4) is 0 Å². The first-order valence-electron chi connectivity index (χ1n) is 5.97. The van der Waals surface area contributed by atoms with Crippen LogP contribution in [0.2, 0.25) is 10.0 Å². The van der Waals surface area contributed by atoms with Gasteiger partial charge in [0.2, 0.25) is 5.91 Å². The van der Waals surface area contributed by atoms with E-state index in [1.807, 2.05) is 0 Å². The van der Waals surface area contributed by atoms with Crippen molar-refractivity contribution in [1.29, 1.82) is 0 Å². The Morgan fingerprint density at radius 2 is 1.80 bits per heavy atom. The first kappa shape index (κ1) is 16.6. The molecule has 3 N–H and O–H groups in total. The quantitative estimate of drug-likeness (QED) is 0.841. The molecule has 0 saturated carbocycles. The fourth-order valence-electron chi connectivity index (χ4n) is 1.54. The molecule has 5 nitrogen and oxygen atoms in total. The van der Waals surface area contributed by atoms with Crippen LogP contribution in [0.4, 0.5) is 0 Å². The van der Waals surface area contributed by atoms with Gasteiger partial charge in [-0.3, -0.25) is 9.59 Å². The van der Waals surface area contributed by atoms with Gasteiger partial charge >= 0.3 is 0 Å². The van der Waals surface area contributed by atoms with Gasteiger partial charge in [-0.2, -0.15) is 0 Å². The van der Waals surface area contributed by atoms with E-state index in [0.29, 0.717) is 15.8 Å². The van der Waals surface area contributed by atoms with Gasteiger partial charge in [0.15, 0.2) is 6.61 Å². The maximum atomic E-state index is 11.7. The highest BCUT2D eigenvalue weighted by Crippen LogP contribution is 2.24. The molecule has 1 rings (SSSR count). The van der Waals surface area contributed by atoms with E-state index in [1.165, 1.54) is 12.1 Å². The molecule has 0 fully saturated rings. The van der Waals surface area contributed by atoms with Crippen LogP contribution in [0.5, 0.6) is 5.75 Å². The number of hydrogen-bond acceptors (Lipinski definition) is 3. The minimum atomic E-state index is -0.728. The Labute approximate surface area is 127 Å². The van der Waals surface area contributed by atoms with Gasteiger partial charge in [-0.1, -0.05) is 37.0 Å². The van der Waals surface area contributed by atoms with Crippen molar-refractivity contribution in [1.82, 2.24) is 5.32 Å². The Balaban J connectivity index is 2.56. The first-order chi connectivity index (χ1) is 9.29. The monoisotopic (exact) mass is 318 g/mol. The minimum Gasteiger partial charge on any atom is -0.484 e. The SMILES string of the molecule is CC(C)C(NC(=O)COc1cc(Cl)cc(Cl)c1)C(N)=O. The average Bonchev–Trinajstić information content (AvgIpc) is 2.31. The van der Waals surface area contributed by atoms with Crippen molar-refractivity contribution < 1.29 is 14.3 Å². The third-order valence-corrected chi connectivity index (χ3v) is 2.93. The number of carbonyl (C=O) groups excluding carboxylic acids is 2. The fourth-order valence-corrected chi connectivity index (χ4v) is 2.05. The highest BCUT2D eigenvalue weighted by Gasteiger charge is 2.21. The summed E-state index contributed by atoms with van der Waals surface area (Å²) >= 11 is 11.6. The second-order valence-electron chi connectivity index (χ2n) is 4.59. The number of carbonyl (C=O) groups is 2. The molecule has 0 aromatic heterocycles. The lowest BCUT2D eigenvalue weighted by atomic mass is 10.0. The number of rotatable bonds is 6. The molecule has 1 unspecified atom stereocenters. The number of benzene rings is 1. The van der Waals surface area contributed by atoms with E-state index in [9.17, 15) is 9.59 Å². The van der Waals surface area contributed by atoms with Gasteiger partial charge in [0.05, 0.1) is 0 Å². The molecular formula is C13H16Cl2N2O3. The molecule has 1 aromatic rings. The standard InChI is InChI=1S/C13H16Cl2N2O3/c1-7(2)12(13(16)19)17-11(18)6-20-10-4-8(14)3-9(15)5-10/h3-5,7,12H,6H2,1-2H3,(H2,16,19)(H,17,18). The molecule has 7 heteroatoms. The van der Waals surface area contributed by atoms with E-state index < -0.39 is 17.9 Å². The zero-order valence-corrected chi connectivity index (χ0v) is 12.7. The van der Waals surface area contributed by atoms with Crippen molar-refractivity contribution in [3.05, 3.63) is 28.2 Å². The maximum Gasteiger partial charge on any atom is 0.258 e. The van der Waals surface area contributed by atoms with Gasteiger partial charge in [-0.15, -0.1) is 0 Å². The van der Waals surface area contributed by atoms with E-state index in [4.69, 9.17) is 33.7 Å². The summed E-state index contributed by atoms with van der Waals surface area (Å²) in [5.41, 5.74) is 5.20. The molecule has 1 aromatic carbocycles.